The largest absolute Gasteiger partial charge is 0.373 e. The summed E-state index contributed by atoms with van der Waals surface area (Å²) in [7, 11) is 0. The summed E-state index contributed by atoms with van der Waals surface area (Å²) in [5.74, 6) is -3.97. The van der Waals surface area contributed by atoms with Gasteiger partial charge in [0, 0.05) is 22.6 Å². The van der Waals surface area contributed by atoms with Crippen LogP contribution in [0, 0.1) is 29.2 Å². The Kier molecular flexibility index (Phi) is 6.01. The van der Waals surface area contributed by atoms with Crippen molar-refractivity contribution in [1.29, 1.82) is 0 Å². The van der Waals surface area contributed by atoms with Crippen LogP contribution in [0.4, 0.5) is 17.6 Å². The number of fused-ring (bicyclic) bond motifs is 3. The molecule has 2 aromatic rings. The Labute approximate surface area is 174 Å². The van der Waals surface area contributed by atoms with Crippen LogP contribution >= 0.6 is 0 Å². The number of rotatable bonds is 6. The fourth-order valence-corrected chi connectivity index (χ4v) is 4.65. The van der Waals surface area contributed by atoms with E-state index in [1.165, 1.54) is 0 Å². The maximum absolute atomic E-state index is 15.1. The monoisotopic (exact) mass is 418 g/mol. The topological polar surface area (TPSA) is 9.23 Å². The van der Waals surface area contributed by atoms with Crippen molar-refractivity contribution in [2.24, 2.45) is 5.92 Å². The highest BCUT2D eigenvalue weighted by atomic mass is 19.2. The van der Waals surface area contributed by atoms with Crippen LogP contribution in [-0.2, 0) is 17.6 Å². The van der Waals surface area contributed by atoms with E-state index in [0.29, 0.717) is 36.1 Å². The first-order valence-corrected chi connectivity index (χ1v) is 10.7. The fraction of sp³-hybridized carbons (Fsp3) is 0.440. The molecule has 1 fully saturated rings. The molecule has 0 bridgehead atoms. The van der Waals surface area contributed by atoms with Crippen LogP contribution in [0.15, 0.2) is 24.8 Å². The first kappa shape index (κ1) is 21.1. The van der Waals surface area contributed by atoms with E-state index in [1.807, 2.05) is 13.0 Å². The van der Waals surface area contributed by atoms with Gasteiger partial charge in [0.25, 0.3) is 0 Å². The molecule has 5 heteroatoms. The fourth-order valence-electron chi connectivity index (χ4n) is 4.65. The number of aryl methyl sites for hydroxylation is 1. The first-order valence-electron chi connectivity index (χ1n) is 10.7. The highest BCUT2D eigenvalue weighted by molar-refractivity contribution is 5.79. The number of ether oxygens (including phenoxy) is 1. The zero-order chi connectivity index (χ0) is 21.4. The molecule has 0 aromatic heterocycles. The van der Waals surface area contributed by atoms with Crippen molar-refractivity contribution < 1.29 is 22.3 Å². The second kappa shape index (κ2) is 8.54. The quantitative estimate of drug-likeness (QED) is 0.234. The lowest BCUT2D eigenvalue weighted by Gasteiger charge is -2.28. The molecule has 0 radical (unpaired) electrons. The van der Waals surface area contributed by atoms with Gasteiger partial charge in [-0.1, -0.05) is 31.9 Å². The van der Waals surface area contributed by atoms with Crippen LogP contribution in [0.3, 0.4) is 0 Å². The van der Waals surface area contributed by atoms with Gasteiger partial charge in [-0.15, -0.1) is 6.58 Å². The predicted octanol–water partition coefficient (Wildman–Crippen LogP) is 7.20. The standard InChI is InChI=1S/C25H26F4O/c1-3-5-6-7-15-10-16-11-17-12-18(19-9-8-14(4-2)13-30-19)23(27)25(29)21(17)20(16)24(28)22(15)26/h4,10,12,14,19H,2-3,5-9,11,13H2,1H3. The molecule has 1 nitrogen and oxygen atoms in total. The van der Waals surface area contributed by atoms with Crippen LogP contribution in [0.25, 0.3) is 11.1 Å². The van der Waals surface area contributed by atoms with Gasteiger partial charge in [-0.25, -0.2) is 17.6 Å². The molecule has 1 heterocycles. The van der Waals surface area contributed by atoms with Crippen molar-refractivity contribution in [3.05, 3.63) is 70.3 Å². The number of halogens is 4. The van der Waals surface area contributed by atoms with Gasteiger partial charge in [-0.2, -0.15) is 0 Å². The van der Waals surface area contributed by atoms with E-state index in [9.17, 15) is 13.2 Å². The third-order valence-corrected chi connectivity index (χ3v) is 6.35. The normalized spacial score (nSPS) is 20.2. The van der Waals surface area contributed by atoms with Crippen molar-refractivity contribution in [2.75, 3.05) is 6.61 Å². The molecule has 2 aliphatic rings. The molecule has 1 aliphatic heterocycles. The van der Waals surface area contributed by atoms with Crippen LogP contribution in [0.2, 0.25) is 0 Å². The van der Waals surface area contributed by atoms with Crippen molar-refractivity contribution in [2.45, 2.75) is 58.0 Å². The lowest BCUT2D eigenvalue weighted by Crippen LogP contribution is -2.20. The summed E-state index contributed by atoms with van der Waals surface area (Å²) >= 11 is 0. The third-order valence-electron chi connectivity index (χ3n) is 6.35. The van der Waals surface area contributed by atoms with E-state index in [2.05, 4.69) is 6.58 Å². The lowest BCUT2D eigenvalue weighted by atomic mass is 9.92. The number of hydrogen-bond acceptors (Lipinski definition) is 1. The number of hydrogen-bond donors (Lipinski definition) is 0. The molecule has 0 N–H and O–H groups in total. The summed E-state index contributed by atoms with van der Waals surface area (Å²) in [6.07, 6.45) is 5.96. The van der Waals surface area contributed by atoms with Gasteiger partial charge in [0.2, 0.25) is 0 Å². The summed E-state index contributed by atoms with van der Waals surface area (Å²) < 4.78 is 65.3. The molecule has 0 amide bonds. The SMILES string of the molecule is C=CC1CCC(c2cc3c(c(F)c2F)-c2c(cc(CCCCC)c(F)c2F)C3)OC1. The maximum atomic E-state index is 15.1. The smallest absolute Gasteiger partial charge is 0.167 e. The van der Waals surface area contributed by atoms with Crippen LogP contribution < -0.4 is 0 Å². The van der Waals surface area contributed by atoms with Gasteiger partial charge in [-0.3, -0.25) is 0 Å². The van der Waals surface area contributed by atoms with Gasteiger partial charge >= 0.3 is 0 Å². The highest BCUT2D eigenvalue weighted by Crippen LogP contribution is 2.45. The van der Waals surface area contributed by atoms with Crippen molar-refractivity contribution >= 4 is 0 Å². The molecule has 2 aromatic carbocycles. The van der Waals surface area contributed by atoms with Gasteiger partial charge < -0.3 is 4.74 Å². The minimum atomic E-state index is -1.12. The second-order valence-electron chi connectivity index (χ2n) is 8.35. The van der Waals surface area contributed by atoms with E-state index in [4.69, 9.17) is 4.74 Å². The Morgan fingerprint density at radius 1 is 0.967 bits per heavy atom. The summed E-state index contributed by atoms with van der Waals surface area (Å²) in [5, 5.41) is 0. The number of benzene rings is 2. The molecule has 160 valence electrons. The van der Waals surface area contributed by atoms with Gasteiger partial charge in [0.1, 0.15) is 0 Å². The van der Waals surface area contributed by atoms with E-state index in [0.717, 1.165) is 25.7 Å². The molecule has 2 atom stereocenters. The van der Waals surface area contributed by atoms with Gasteiger partial charge in [0.05, 0.1) is 12.7 Å². The Bertz CT molecular complexity index is 974. The van der Waals surface area contributed by atoms with Gasteiger partial charge in [0.15, 0.2) is 23.3 Å². The Hall–Kier alpha value is -2.14. The zero-order valence-electron chi connectivity index (χ0n) is 17.2. The van der Waals surface area contributed by atoms with Gasteiger partial charge in [-0.05, 0) is 54.9 Å². The van der Waals surface area contributed by atoms with Crippen molar-refractivity contribution in [1.82, 2.24) is 0 Å². The second-order valence-corrected chi connectivity index (χ2v) is 8.35. The minimum absolute atomic E-state index is 0.138. The van der Waals surface area contributed by atoms with Crippen LogP contribution in [-0.4, -0.2) is 6.61 Å². The van der Waals surface area contributed by atoms with E-state index in [-0.39, 0.29) is 29.0 Å². The average Bonchev–Trinajstić information content (AvgIpc) is 3.13. The maximum Gasteiger partial charge on any atom is 0.167 e. The minimum Gasteiger partial charge on any atom is -0.373 e. The summed E-state index contributed by atoms with van der Waals surface area (Å²) in [6, 6.07) is 3.19. The molecule has 1 aliphatic carbocycles. The lowest BCUT2D eigenvalue weighted by molar-refractivity contribution is -0.00736. The number of unbranched alkanes of at least 4 members (excludes halogenated alkanes) is 2. The predicted molar refractivity (Wildman–Crippen MR) is 109 cm³/mol. The molecule has 4 rings (SSSR count). The summed E-state index contributed by atoms with van der Waals surface area (Å²) in [6.45, 7) is 6.20. The molecule has 30 heavy (non-hydrogen) atoms. The van der Waals surface area contributed by atoms with Crippen LogP contribution in [0.5, 0.6) is 0 Å². The molecule has 2 unspecified atom stereocenters. The first-order chi connectivity index (χ1) is 14.5. The van der Waals surface area contributed by atoms with E-state index in [1.54, 1.807) is 12.1 Å². The average molecular weight is 418 g/mol. The summed E-state index contributed by atoms with van der Waals surface area (Å²) in [4.78, 5) is 0. The van der Waals surface area contributed by atoms with Crippen molar-refractivity contribution in [3.63, 3.8) is 0 Å². The van der Waals surface area contributed by atoms with E-state index >= 15 is 4.39 Å². The molecule has 1 saturated heterocycles. The molecular weight excluding hydrogens is 392 g/mol. The highest BCUT2D eigenvalue weighted by Gasteiger charge is 2.34. The van der Waals surface area contributed by atoms with Crippen LogP contribution in [0.1, 0.15) is 67.4 Å². The van der Waals surface area contributed by atoms with E-state index < -0.39 is 29.4 Å². The molecule has 0 spiro atoms. The Morgan fingerprint density at radius 2 is 1.67 bits per heavy atom. The zero-order valence-corrected chi connectivity index (χ0v) is 17.2. The summed E-state index contributed by atoms with van der Waals surface area (Å²) in [5.41, 5.74) is 1.17. The third kappa shape index (κ3) is 3.58. The molecular formula is C25H26F4O. The molecule has 0 saturated carbocycles. The van der Waals surface area contributed by atoms with Crippen molar-refractivity contribution in [3.8, 4) is 11.1 Å². The Balaban J connectivity index is 1.70. The Morgan fingerprint density at radius 3 is 2.30 bits per heavy atom.